The van der Waals surface area contributed by atoms with Crippen molar-refractivity contribution in [3.05, 3.63) is 0 Å². The lowest BCUT2D eigenvalue weighted by molar-refractivity contribution is -0.481. The zero-order valence-electron chi connectivity index (χ0n) is 9.33. The molecule has 3 N–H and O–H groups in total. The second-order valence-corrected chi connectivity index (χ2v) is 5.02. The van der Waals surface area contributed by atoms with Crippen LogP contribution in [0.1, 0.15) is 59.3 Å². The number of halogens is 1. The molecule has 1 aliphatic rings. The number of hydrogen-bond donors (Lipinski definition) is 1. The first-order valence-electron chi connectivity index (χ1n) is 5.39. The summed E-state index contributed by atoms with van der Waals surface area (Å²) >= 11 is 0. The minimum absolute atomic E-state index is 0. The van der Waals surface area contributed by atoms with Crippen LogP contribution in [-0.2, 0) is 0 Å². The van der Waals surface area contributed by atoms with Gasteiger partial charge in [0.15, 0.2) is 0 Å². The van der Waals surface area contributed by atoms with Crippen molar-refractivity contribution in [2.45, 2.75) is 64.8 Å². The van der Waals surface area contributed by atoms with Gasteiger partial charge in [0.05, 0.1) is 5.54 Å². The summed E-state index contributed by atoms with van der Waals surface area (Å²) in [5, 5.41) is 0. The fourth-order valence-corrected chi connectivity index (χ4v) is 2.34. The van der Waals surface area contributed by atoms with Crippen LogP contribution in [0.15, 0.2) is 0 Å². The average Bonchev–Trinajstić information content (AvgIpc) is 2.06. The summed E-state index contributed by atoms with van der Waals surface area (Å²) < 4.78 is 0. The maximum absolute atomic E-state index is 4.26. The summed E-state index contributed by atoms with van der Waals surface area (Å²) in [6.45, 7) is 6.99. The van der Waals surface area contributed by atoms with Gasteiger partial charge in [0.2, 0.25) is 0 Å². The van der Waals surface area contributed by atoms with Crippen LogP contribution in [0.3, 0.4) is 0 Å². The number of rotatable bonds is 2. The molecule has 1 nitrogen and oxygen atoms in total. The molecule has 0 aliphatic heterocycles. The van der Waals surface area contributed by atoms with E-state index in [9.17, 15) is 0 Å². The minimum Gasteiger partial charge on any atom is -1.00 e. The molecule has 1 saturated carbocycles. The van der Waals surface area contributed by atoms with Gasteiger partial charge in [-0.15, -0.1) is 0 Å². The molecule has 0 spiro atoms. The molecule has 1 rings (SSSR count). The monoisotopic (exact) mass is 297 g/mol. The van der Waals surface area contributed by atoms with E-state index in [0.717, 1.165) is 0 Å². The van der Waals surface area contributed by atoms with Crippen LogP contribution in [0, 0.1) is 5.41 Å². The number of quaternary nitrogens is 1. The highest BCUT2D eigenvalue weighted by Gasteiger charge is 2.37. The summed E-state index contributed by atoms with van der Waals surface area (Å²) in [4.78, 5) is 0. The van der Waals surface area contributed by atoms with Gasteiger partial charge in [0.25, 0.3) is 0 Å². The van der Waals surface area contributed by atoms with Crippen LogP contribution in [0.2, 0.25) is 0 Å². The minimum atomic E-state index is 0. The second-order valence-electron chi connectivity index (χ2n) is 5.02. The maximum atomic E-state index is 4.26. The SMILES string of the molecule is CCC1(CC)CCC(C)([NH3+])CC1.[I-]. The van der Waals surface area contributed by atoms with E-state index in [-0.39, 0.29) is 24.0 Å². The topological polar surface area (TPSA) is 27.6 Å². The predicted octanol–water partition coefficient (Wildman–Crippen LogP) is -0.629. The Morgan fingerprint density at radius 3 is 1.69 bits per heavy atom. The summed E-state index contributed by atoms with van der Waals surface area (Å²) in [6.07, 6.45) is 8.18. The number of hydrogen-bond acceptors (Lipinski definition) is 0. The first-order valence-corrected chi connectivity index (χ1v) is 5.39. The molecule has 0 unspecified atom stereocenters. The van der Waals surface area contributed by atoms with E-state index in [1.54, 1.807) is 0 Å². The van der Waals surface area contributed by atoms with Gasteiger partial charge >= 0.3 is 0 Å². The molecule has 0 amide bonds. The lowest BCUT2D eigenvalue weighted by Gasteiger charge is -2.40. The molecule has 0 atom stereocenters. The van der Waals surface area contributed by atoms with E-state index < -0.39 is 0 Å². The van der Waals surface area contributed by atoms with Crippen molar-refractivity contribution < 1.29 is 29.7 Å². The van der Waals surface area contributed by atoms with Crippen molar-refractivity contribution in [1.82, 2.24) is 0 Å². The van der Waals surface area contributed by atoms with Crippen molar-refractivity contribution in [1.29, 1.82) is 0 Å². The Hall–Kier alpha value is 0.690. The molecule has 0 saturated heterocycles. The standard InChI is InChI=1S/C11H23N.HI/c1-4-11(5-2)8-6-10(3,12)7-9-11;/h4-9,12H2,1-3H3;1H. The fraction of sp³-hybridized carbons (Fsp3) is 1.00. The van der Waals surface area contributed by atoms with E-state index in [1.807, 2.05) is 0 Å². The molecule has 0 aromatic carbocycles. The zero-order chi connectivity index (χ0) is 9.24. The molecule has 2 heteroatoms. The smallest absolute Gasteiger partial charge is 0.0917 e. The second kappa shape index (κ2) is 4.96. The molecule has 1 fully saturated rings. The Morgan fingerprint density at radius 1 is 1.00 bits per heavy atom. The molecular weight excluding hydrogens is 273 g/mol. The van der Waals surface area contributed by atoms with Crippen molar-refractivity contribution >= 4 is 0 Å². The molecule has 0 radical (unpaired) electrons. The third-order valence-electron chi connectivity index (χ3n) is 4.02. The molecule has 0 bridgehead atoms. The van der Waals surface area contributed by atoms with Crippen molar-refractivity contribution in [2.75, 3.05) is 0 Å². The van der Waals surface area contributed by atoms with Crippen LogP contribution in [0.5, 0.6) is 0 Å². The molecule has 0 aromatic rings. The van der Waals surface area contributed by atoms with Gasteiger partial charge in [-0.2, -0.15) is 0 Å². The Labute approximate surface area is 99.9 Å². The highest BCUT2D eigenvalue weighted by Crippen LogP contribution is 2.43. The first-order chi connectivity index (χ1) is 5.54. The maximum Gasteiger partial charge on any atom is 0.0917 e. The average molecular weight is 297 g/mol. The first kappa shape index (κ1) is 13.7. The lowest BCUT2D eigenvalue weighted by atomic mass is 9.66. The molecule has 0 heterocycles. The van der Waals surface area contributed by atoms with Crippen molar-refractivity contribution in [3.63, 3.8) is 0 Å². The predicted molar refractivity (Wildman–Crippen MR) is 52.8 cm³/mol. The van der Waals surface area contributed by atoms with E-state index in [2.05, 4.69) is 26.5 Å². The van der Waals surface area contributed by atoms with Crippen LogP contribution in [-0.4, -0.2) is 5.54 Å². The third kappa shape index (κ3) is 3.39. The van der Waals surface area contributed by atoms with Crippen molar-refractivity contribution in [2.24, 2.45) is 5.41 Å². The van der Waals surface area contributed by atoms with Gasteiger partial charge < -0.3 is 29.7 Å². The summed E-state index contributed by atoms with van der Waals surface area (Å²) in [5.74, 6) is 0. The van der Waals surface area contributed by atoms with E-state index in [1.165, 1.54) is 38.5 Å². The van der Waals surface area contributed by atoms with E-state index in [4.69, 9.17) is 0 Å². The lowest BCUT2D eigenvalue weighted by Crippen LogP contribution is -3.00. The van der Waals surface area contributed by atoms with Crippen LogP contribution in [0.25, 0.3) is 0 Å². The third-order valence-corrected chi connectivity index (χ3v) is 4.02. The van der Waals surface area contributed by atoms with E-state index >= 15 is 0 Å². The Morgan fingerprint density at radius 2 is 1.38 bits per heavy atom. The van der Waals surface area contributed by atoms with E-state index in [0.29, 0.717) is 11.0 Å². The van der Waals surface area contributed by atoms with Gasteiger partial charge in [-0.05, 0) is 25.2 Å². The largest absolute Gasteiger partial charge is 1.00 e. The quantitative estimate of drug-likeness (QED) is 0.658. The zero-order valence-corrected chi connectivity index (χ0v) is 11.5. The van der Waals surface area contributed by atoms with Crippen molar-refractivity contribution in [3.8, 4) is 0 Å². The summed E-state index contributed by atoms with van der Waals surface area (Å²) in [6, 6.07) is 0. The normalized spacial score (nSPS) is 24.9. The Kier molecular flexibility index (Phi) is 5.23. The van der Waals surface area contributed by atoms with Gasteiger partial charge in [0.1, 0.15) is 0 Å². The highest BCUT2D eigenvalue weighted by atomic mass is 127. The van der Waals surface area contributed by atoms with Gasteiger partial charge in [-0.1, -0.05) is 26.7 Å². The van der Waals surface area contributed by atoms with Crippen LogP contribution in [0.4, 0.5) is 0 Å². The van der Waals surface area contributed by atoms with Crippen LogP contribution >= 0.6 is 0 Å². The highest BCUT2D eigenvalue weighted by molar-refractivity contribution is 4.88. The fourth-order valence-electron chi connectivity index (χ4n) is 2.34. The molecule has 1 aliphatic carbocycles. The molecule has 13 heavy (non-hydrogen) atoms. The molecular formula is C11H24IN. The summed E-state index contributed by atoms with van der Waals surface area (Å²) in [7, 11) is 0. The molecule has 0 aromatic heterocycles. The Balaban J connectivity index is 0.00000144. The van der Waals surface area contributed by atoms with Gasteiger partial charge in [-0.25, -0.2) is 0 Å². The Bertz CT molecular complexity index is 138. The molecule has 80 valence electrons. The van der Waals surface area contributed by atoms with Crippen LogP contribution < -0.4 is 29.7 Å². The van der Waals surface area contributed by atoms with Gasteiger partial charge in [-0.3, -0.25) is 0 Å². The van der Waals surface area contributed by atoms with Gasteiger partial charge in [0, 0.05) is 12.8 Å². The summed E-state index contributed by atoms with van der Waals surface area (Å²) in [5.41, 5.74) is 5.32.